The molecular weight excluding hydrogens is 190 g/mol. The van der Waals surface area contributed by atoms with E-state index >= 15 is 0 Å². The smallest absolute Gasteiger partial charge is 0.337 e. The lowest BCUT2D eigenvalue weighted by atomic mass is 9.92. The molecule has 3 heteroatoms. The summed E-state index contributed by atoms with van der Waals surface area (Å²) in [6.45, 7) is 6.11. The van der Waals surface area contributed by atoms with E-state index in [-0.39, 0.29) is 5.92 Å². The zero-order valence-corrected chi connectivity index (χ0v) is 9.45. The maximum absolute atomic E-state index is 11.0. The van der Waals surface area contributed by atoms with Gasteiger partial charge in [-0.3, -0.25) is 4.98 Å². The van der Waals surface area contributed by atoms with E-state index in [4.69, 9.17) is 5.11 Å². The predicted molar refractivity (Wildman–Crippen MR) is 59.3 cm³/mol. The van der Waals surface area contributed by atoms with E-state index in [1.807, 2.05) is 13.8 Å². The number of pyridine rings is 1. The Kier molecular flexibility index (Phi) is 3.83. The summed E-state index contributed by atoms with van der Waals surface area (Å²) in [6.07, 6.45) is 5.12. The molecule has 0 bridgehead atoms. The Morgan fingerprint density at radius 2 is 2.13 bits per heavy atom. The number of hydrogen-bond acceptors (Lipinski definition) is 2. The molecular formula is C12H17NO2. The van der Waals surface area contributed by atoms with Crippen LogP contribution in [-0.2, 0) is 6.42 Å². The Hall–Kier alpha value is -1.38. The summed E-state index contributed by atoms with van der Waals surface area (Å²) < 4.78 is 0. The molecule has 0 aromatic carbocycles. The molecule has 82 valence electrons. The highest BCUT2D eigenvalue weighted by molar-refractivity contribution is 5.89. The van der Waals surface area contributed by atoms with Crippen molar-refractivity contribution in [1.29, 1.82) is 0 Å². The first-order chi connectivity index (χ1) is 7.07. The lowest BCUT2D eigenvalue weighted by molar-refractivity contribution is 0.0694. The number of aryl methyl sites for hydroxylation is 1. The van der Waals surface area contributed by atoms with Gasteiger partial charge in [0.2, 0.25) is 0 Å². The van der Waals surface area contributed by atoms with Gasteiger partial charge in [0.1, 0.15) is 0 Å². The fourth-order valence-electron chi connectivity index (χ4n) is 1.83. The fourth-order valence-corrected chi connectivity index (χ4v) is 1.83. The Labute approximate surface area is 90.2 Å². The molecule has 15 heavy (non-hydrogen) atoms. The minimum Gasteiger partial charge on any atom is -0.478 e. The van der Waals surface area contributed by atoms with Crippen molar-refractivity contribution in [3.05, 3.63) is 29.1 Å². The number of aromatic nitrogens is 1. The van der Waals surface area contributed by atoms with E-state index in [1.165, 1.54) is 6.20 Å². The van der Waals surface area contributed by atoms with Crippen LogP contribution in [0, 0.1) is 0 Å². The van der Waals surface area contributed by atoms with Gasteiger partial charge in [-0.1, -0.05) is 27.2 Å². The van der Waals surface area contributed by atoms with E-state index in [0.29, 0.717) is 5.56 Å². The van der Waals surface area contributed by atoms with Crippen LogP contribution in [0.25, 0.3) is 0 Å². The van der Waals surface area contributed by atoms with Gasteiger partial charge >= 0.3 is 5.97 Å². The van der Waals surface area contributed by atoms with Crippen LogP contribution < -0.4 is 0 Å². The second-order valence-electron chi connectivity index (χ2n) is 3.97. The fraction of sp³-hybridized carbons (Fsp3) is 0.500. The largest absolute Gasteiger partial charge is 0.478 e. The van der Waals surface area contributed by atoms with Crippen LogP contribution in [0.5, 0.6) is 0 Å². The van der Waals surface area contributed by atoms with E-state index < -0.39 is 5.97 Å². The third-order valence-electron chi connectivity index (χ3n) is 2.40. The highest BCUT2D eigenvalue weighted by Crippen LogP contribution is 2.24. The normalized spacial score (nSPS) is 10.7. The van der Waals surface area contributed by atoms with E-state index in [9.17, 15) is 4.79 Å². The van der Waals surface area contributed by atoms with Crippen molar-refractivity contribution in [2.24, 2.45) is 0 Å². The SMILES string of the molecule is CCCc1cncc(C(=O)O)c1C(C)C. The molecule has 0 fully saturated rings. The summed E-state index contributed by atoms with van der Waals surface area (Å²) in [5.74, 6) is -0.662. The zero-order chi connectivity index (χ0) is 11.4. The van der Waals surface area contributed by atoms with Gasteiger partial charge in [0, 0.05) is 12.4 Å². The maximum atomic E-state index is 11.0. The van der Waals surface area contributed by atoms with Crippen molar-refractivity contribution in [2.75, 3.05) is 0 Å². The van der Waals surface area contributed by atoms with Crippen molar-refractivity contribution in [2.45, 2.75) is 39.5 Å². The third kappa shape index (κ3) is 2.55. The van der Waals surface area contributed by atoms with Gasteiger partial charge in [0.05, 0.1) is 5.56 Å². The number of hydrogen-bond donors (Lipinski definition) is 1. The number of rotatable bonds is 4. The van der Waals surface area contributed by atoms with E-state index in [1.54, 1.807) is 6.20 Å². The summed E-state index contributed by atoms with van der Waals surface area (Å²) in [7, 11) is 0. The van der Waals surface area contributed by atoms with Gasteiger partial charge in [0.15, 0.2) is 0 Å². The summed E-state index contributed by atoms with van der Waals surface area (Å²) in [5.41, 5.74) is 2.34. The zero-order valence-electron chi connectivity index (χ0n) is 9.45. The monoisotopic (exact) mass is 207 g/mol. The Bertz CT molecular complexity index is 359. The standard InChI is InChI=1S/C12H17NO2/c1-4-5-9-6-13-7-10(12(14)15)11(9)8(2)3/h6-8H,4-5H2,1-3H3,(H,14,15). The molecule has 0 saturated heterocycles. The number of aromatic carboxylic acids is 1. The maximum Gasteiger partial charge on any atom is 0.337 e. The van der Waals surface area contributed by atoms with Gasteiger partial charge in [-0.15, -0.1) is 0 Å². The van der Waals surface area contributed by atoms with Gasteiger partial charge < -0.3 is 5.11 Å². The molecule has 0 aliphatic rings. The molecule has 1 N–H and O–H groups in total. The number of carboxylic acids is 1. The Morgan fingerprint density at radius 3 is 2.60 bits per heavy atom. The molecule has 1 heterocycles. The molecule has 0 amide bonds. The molecule has 1 aromatic rings. The minimum absolute atomic E-state index is 0.223. The molecule has 0 aliphatic carbocycles. The van der Waals surface area contributed by atoms with Crippen molar-refractivity contribution < 1.29 is 9.90 Å². The Morgan fingerprint density at radius 1 is 1.47 bits per heavy atom. The number of carboxylic acid groups (broad SMARTS) is 1. The van der Waals surface area contributed by atoms with Crippen molar-refractivity contribution in [3.63, 3.8) is 0 Å². The second-order valence-corrected chi connectivity index (χ2v) is 3.97. The molecule has 1 aromatic heterocycles. The molecule has 0 atom stereocenters. The van der Waals surface area contributed by atoms with Crippen LogP contribution in [0.15, 0.2) is 12.4 Å². The second kappa shape index (κ2) is 4.91. The first-order valence-corrected chi connectivity index (χ1v) is 5.28. The summed E-state index contributed by atoms with van der Waals surface area (Å²) >= 11 is 0. The lowest BCUT2D eigenvalue weighted by Gasteiger charge is -2.14. The average molecular weight is 207 g/mol. The molecule has 3 nitrogen and oxygen atoms in total. The van der Waals surface area contributed by atoms with Gasteiger partial charge in [-0.2, -0.15) is 0 Å². The topological polar surface area (TPSA) is 50.2 Å². The number of carbonyl (C=O) groups is 1. The third-order valence-corrected chi connectivity index (χ3v) is 2.40. The minimum atomic E-state index is -0.885. The van der Waals surface area contributed by atoms with Crippen LogP contribution in [0.4, 0.5) is 0 Å². The van der Waals surface area contributed by atoms with Crippen LogP contribution >= 0.6 is 0 Å². The first-order valence-electron chi connectivity index (χ1n) is 5.28. The average Bonchev–Trinajstić information content (AvgIpc) is 2.17. The molecule has 0 unspecified atom stereocenters. The highest BCUT2D eigenvalue weighted by Gasteiger charge is 2.16. The predicted octanol–water partition coefficient (Wildman–Crippen LogP) is 2.86. The molecule has 0 spiro atoms. The molecule has 1 rings (SSSR count). The van der Waals surface area contributed by atoms with Gasteiger partial charge in [0.25, 0.3) is 0 Å². The Balaban J connectivity index is 3.28. The van der Waals surface area contributed by atoms with Crippen LogP contribution in [0.1, 0.15) is 54.6 Å². The summed E-state index contributed by atoms with van der Waals surface area (Å²) in [6, 6.07) is 0. The van der Waals surface area contributed by atoms with Crippen LogP contribution in [0.2, 0.25) is 0 Å². The van der Waals surface area contributed by atoms with E-state index in [2.05, 4.69) is 11.9 Å². The molecule has 0 aliphatic heterocycles. The van der Waals surface area contributed by atoms with E-state index in [0.717, 1.165) is 24.0 Å². The highest BCUT2D eigenvalue weighted by atomic mass is 16.4. The van der Waals surface area contributed by atoms with Gasteiger partial charge in [-0.05, 0) is 23.5 Å². The van der Waals surface area contributed by atoms with Crippen molar-refractivity contribution in [1.82, 2.24) is 4.98 Å². The van der Waals surface area contributed by atoms with Crippen molar-refractivity contribution >= 4 is 5.97 Å². The number of nitrogens with zero attached hydrogens (tertiary/aromatic N) is 1. The summed E-state index contributed by atoms with van der Waals surface area (Å²) in [4.78, 5) is 15.0. The molecule has 0 radical (unpaired) electrons. The van der Waals surface area contributed by atoms with Crippen LogP contribution in [-0.4, -0.2) is 16.1 Å². The summed E-state index contributed by atoms with van der Waals surface area (Å²) in [5, 5.41) is 9.07. The van der Waals surface area contributed by atoms with Crippen molar-refractivity contribution in [3.8, 4) is 0 Å². The van der Waals surface area contributed by atoms with Gasteiger partial charge in [-0.25, -0.2) is 4.79 Å². The quantitative estimate of drug-likeness (QED) is 0.825. The lowest BCUT2D eigenvalue weighted by Crippen LogP contribution is -2.08. The van der Waals surface area contributed by atoms with Crippen LogP contribution in [0.3, 0.4) is 0 Å². The molecule has 0 saturated carbocycles. The first kappa shape index (κ1) is 11.7.